The minimum absolute atomic E-state index is 0.0330. The third-order valence-electron chi connectivity index (χ3n) is 9.73. The maximum absolute atomic E-state index is 13.3. The molecule has 8 atom stereocenters. The van der Waals surface area contributed by atoms with Crippen LogP contribution >= 0.6 is 0 Å². The lowest BCUT2D eigenvalue weighted by Gasteiger charge is -2.64. The van der Waals surface area contributed by atoms with Crippen molar-refractivity contribution in [3.8, 4) is 5.75 Å². The summed E-state index contributed by atoms with van der Waals surface area (Å²) in [6.07, 6.45) is 5.71. The van der Waals surface area contributed by atoms with E-state index in [1.165, 1.54) is 12.0 Å². The highest BCUT2D eigenvalue weighted by molar-refractivity contribution is 6.48. The first-order chi connectivity index (χ1) is 16.6. The maximum Gasteiger partial charge on any atom is 0.481 e. The van der Waals surface area contributed by atoms with E-state index in [1.54, 1.807) is 0 Å². The Bertz CT molecular complexity index is 941. The van der Waals surface area contributed by atoms with E-state index in [0.717, 1.165) is 31.4 Å². The zero-order valence-electron chi connectivity index (χ0n) is 22.1. The van der Waals surface area contributed by atoms with Crippen LogP contribution in [0.3, 0.4) is 0 Å². The van der Waals surface area contributed by atoms with E-state index in [4.69, 9.17) is 19.8 Å². The fourth-order valence-corrected chi connectivity index (χ4v) is 7.41. The van der Waals surface area contributed by atoms with Gasteiger partial charge in [-0.2, -0.15) is 0 Å². The van der Waals surface area contributed by atoms with Crippen LogP contribution in [0, 0.1) is 23.2 Å². The van der Waals surface area contributed by atoms with Crippen molar-refractivity contribution >= 4 is 13.0 Å². The Balaban J connectivity index is 1.33. The molecule has 3 aliphatic carbocycles. The summed E-state index contributed by atoms with van der Waals surface area (Å²) in [6.45, 7) is 11.7. The van der Waals surface area contributed by atoms with Gasteiger partial charge in [0.25, 0.3) is 0 Å². The van der Waals surface area contributed by atoms with Crippen molar-refractivity contribution in [2.75, 3.05) is 6.61 Å². The lowest BCUT2D eigenvalue weighted by molar-refractivity contribution is -0.199. The molecule has 1 amide bonds. The number of carbonyl (C=O) groups excluding carboxylic acids is 1. The van der Waals surface area contributed by atoms with E-state index < -0.39 is 7.12 Å². The molecule has 1 aromatic rings. The van der Waals surface area contributed by atoms with Crippen LogP contribution in [0.4, 0.5) is 0 Å². The number of benzene rings is 1. The van der Waals surface area contributed by atoms with Gasteiger partial charge >= 0.3 is 7.12 Å². The van der Waals surface area contributed by atoms with Gasteiger partial charge < -0.3 is 25.1 Å². The number of rotatable bonds is 9. The quantitative estimate of drug-likeness (QED) is 0.508. The molecule has 0 aromatic heterocycles. The molecule has 5 aliphatic rings. The molecule has 1 saturated heterocycles. The highest BCUT2D eigenvalue weighted by Gasteiger charge is 2.68. The van der Waals surface area contributed by atoms with E-state index in [1.807, 2.05) is 19.1 Å². The molecule has 2 bridgehead atoms. The summed E-state index contributed by atoms with van der Waals surface area (Å²) in [5, 5.41) is 3.34. The molecule has 2 aliphatic heterocycles. The van der Waals surface area contributed by atoms with E-state index in [-0.39, 0.29) is 46.8 Å². The second-order valence-electron chi connectivity index (χ2n) is 12.4. The first-order valence-electron chi connectivity index (χ1n) is 13.7. The summed E-state index contributed by atoms with van der Waals surface area (Å²) >= 11 is 0. The molecule has 1 aromatic carbocycles. The Labute approximate surface area is 211 Å². The highest BCUT2D eigenvalue weighted by atomic mass is 16.7. The molecule has 0 spiro atoms. The number of fused-ring (bicyclic) bond motifs is 1. The summed E-state index contributed by atoms with van der Waals surface area (Å²) < 4.78 is 19.4. The monoisotopic (exact) mass is 482 g/mol. The van der Waals surface area contributed by atoms with Gasteiger partial charge in [-0.3, -0.25) is 4.79 Å². The first-order valence-corrected chi connectivity index (χ1v) is 13.7. The average Bonchev–Trinajstić information content (AvgIpc) is 3.38. The largest absolute Gasteiger partial charge is 0.493 e. The number of amides is 1. The molecular weight excluding hydrogens is 439 g/mol. The smallest absolute Gasteiger partial charge is 0.481 e. The molecule has 3 N–H and O–H groups in total. The van der Waals surface area contributed by atoms with Crippen LogP contribution in [0.15, 0.2) is 24.3 Å². The summed E-state index contributed by atoms with van der Waals surface area (Å²) in [4.78, 5) is 13.3. The highest BCUT2D eigenvalue weighted by Crippen LogP contribution is 2.65. The summed E-state index contributed by atoms with van der Waals surface area (Å²) in [7, 11) is -0.451. The Morgan fingerprint density at radius 2 is 2.03 bits per heavy atom. The van der Waals surface area contributed by atoms with Crippen LogP contribution in [0.25, 0.3) is 0 Å². The Morgan fingerprint density at radius 3 is 2.77 bits per heavy atom. The lowest BCUT2D eigenvalue weighted by atomic mass is 9.43. The fraction of sp³-hybridized carbons (Fsp3) is 0.750. The molecule has 6 rings (SSSR count). The van der Waals surface area contributed by atoms with Crippen LogP contribution in [-0.4, -0.2) is 43.3 Å². The van der Waals surface area contributed by atoms with E-state index in [2.05, 4.69) is 45.1 Å². The normalized spacial score (nSPS) is 34.7. The van der Waals surface area contributed by atoms with Gasteiger partial charge in [0.05, 0.1) is 24.3 Å². The van der Waals surface area contributed by atoms with Gasteiger partial charge in [0.15, 0.2) is 0 Å². The molecule has 192 valence electrons. The topological polar surface area (TPSA) is 82.8 Å². The third kappa shape index (κ3) is 4.42. The van der Waals surface area contributed by atoms with Gasteiger partial charge in [-0.1, -0.05) is 52.3 Å². The van der Waals surface area contributed by atoms with Crippen molar-refractivity contribution < 1.29 is 18.8 Å². The zero-order valence-corrected chi connectivity index (χ0v) is 22.1. The van der Waals surface area contributed by atoms with Crippen molar-refractivity contribution in [1.82, 2.24) is 5.32 Å². The third-order valence-corrected chi connectivity index (χ3v) is 9.73. The molecule has 0 unspecified atom stereocenters. The molecule has 4 fully saturated rings. The van der Waals surface area contributed by atoms with Crippen LogP contribution in [0.5, 0.6) is 5.75 Å². The SMILES string of the molecule is CCC[C@@H](N)C[C@H](C)C(=O)N[C@@H](C[C@@H]1COc2ccccc21)B1O[C@@H]2C[C@@H]3C[C@@H](C3(C)C)[C@]2(C)O1. The van der Waals surface area contributed by atoms with Crippen LogP contribution < -0.4 is 15.8 Å². The van der Waals surface area contributed by atoms with Gasteiger partial charge in [0, 0.05) is 23.4 Å². The Hall–Kier alpha value is -1.57. The number of ether oxygens (including phenoxy) is 1. The average molecular weight is 482 g/mol. The summed E-state index contributed by atoms with van der Waals surface area (Å²) in [6, 6.07) is 8.26. The number of para-hydroxylation sites is 1. The van der Waals surface area contributed by atoms with Crippen LogP contribution in [0.2, 0.25) is 0 Å². The summed E-state index contributed by atoms with van der Waals surface area (Å²) in [5.41, 5.74) is 7.44. The second kappa shape index (κ2) is 9.39. The standard InChI is InChI=1S/C28H43BN2O4/c1-6-9-20(30)12-17(2)26(32)31-25(13-18-16-33-22-11-8-7-10-21(18)22)29-34-24-15-19-14-23(27(19,3)4)28(24,5)35-29/h7-8,10-11,17-20,23-25H,6,9,12-16,30H2,1-5H3,(H,31,32)/t17-,18+,19-,20+,23-,24+,25-,28-/m0/s1. The summed E-state index contributed by atoms with van der Waals surface area (Å²) in [5.74, 6) is 1.95. The van der Waals surface area contributed by atoms with Crippen molar-refractivity contribution in [2.45, 2.75) is 103 Å². The molecule has 35 heavy (non-hydrogen) atoms. The minimum atomic E-state index is -0.451. The van der Waals surface area contributed by atoms with E-state index in [9.17, 15) is 4.79 Å². The zero-order chi connectivity index (χ0) is 25.0. The Kier molecular flexibility index (Phi) is 6.73. The van der Waals surface area contributed by atoms with Crippen LogP contribution in [-0.2, 0) is 14.1 Å². The Morgan fingerprint density at radius 1 is 1.26 bits per heavy atom. The van der Waals surface area contributed by atoms with Crippen molar-refractivity contribution in [1.29, 1.82) is 0 Å². The number of nitrogens with two attached hydrogens (primary N) is 1. The number of hydrogen-bond donors (Lipinski definition) is 2. The van der Waals surface area contributed by atoms with E-state index in [0.29, 0.717) is 24.9 Å². The molecule has 0 radical (unpaired) electrons. The predicted molar refractivity (Wildman–Crippen MR) is 138 cm³/mol. The first kappa shape index (κ1) is 25.1. The minimum Gasteiger partial charge on any atom is -0.493 e. The number of hydrogen-bond acceptors (Lipinski definition) is 5. The van der Waals surface area contributed by atoms with E-state index >= 15 is 0 Å². The second-order valence-corrected chi connectivity index (χ2v) is 12.4. The lowest BCUT2D eigenvalue weighted by Crippen LogP contribution is -2.65. The van der Waals surface area contributed by atoms with Crippen molar-refractivity contribution in [3.05, 3.63) is 29.8 Å². The predicted octanol–water partition coefficient (Wildman–Crippen LogP) is 4.46. The molecule has 6 nitrogen and oxygen atoms in total. The van der Waals surface area contributed by atoms with Crippen molar-refractivity contribution in [3.63, 3.8) is 0 Å². The van der Waals surface area contributed by atoms with Crippen LogP contribution in [0.1, 0.15) is 84.6 Å². The van der Waals surface area contributed by atoms with Gasteiger partial charge in [0.2, 0.25) is 5.91 Å². The number of carbonyl (C=O) groups is 1. The van der Waals surface area contributed by atoms with Gasteiger partial charge in [-0.15, -0.1) is 0 Å². The van der Waals surface area contributed by atoms with Gasteiger partial charge in [-0.05, 0) is 62.3 Å². The molecule has 3 saturated carbocycles. The van der Waals surface area contributed by atoms with Gasteiger partial charge in [-0.25, -0.2) is 0 Å². The maximum atomic E-state index is 13.3. The van der Waals surface area contributed by atoms with Crippen molar-refractivity contribution in [2.24, 2.45) is 28.9 Å². The number of nitrogens with one attached hydrogen (secondary N) is 1. The molecule has 2 heterocycles. The molecule has 7 heteroatoms. The molecular formula is C28H43BN2O4. The van der Waals surface area contributed by atoms with Gasteiger partial charge in [0.1, 0.15) is 5.75 Å². The fourth-order valence-electron chi connectivity index (χ4n) is 7.41.